The first kappa shape index (κ1) is 15.3. The number of methoxy groups -OCH3 is 1. The van der Waals surface area contributed by atoms with E-state index in [9.17, 15) is 0 Å². The maximum atomic E-state index is 6.03. The van der Waals surface area contributed by atoms with Crippen molar-refractivity contribution >= 4 is 17.2 Å². The van der Waals surface area contributed by atoms with Crippen LogP contribution in [0.4, 0.5) is 0 Å². The van der Waals surface area contributed by atoms with E-state index in [1.165, 1.54) is 12.8 Å². The molecule has 1 aliphatic carbocycles. The zero-order valence-electron chi connectivity index (χ0n) is 12.2. The Hall–Kier alpha value is -1.13. The van der Waals surface area contributed by atoms with E-state index >= 15 is 0 Å². The van der Waals surface area contributed by atoms with Crippen molar-refractivity contribution in [2.24, 2.45) is 11.7 Å². The predicted molar refractivity (Wildman–Crippen MR) is 85.1 cm³/mol. The fourth-order valence-electron chi connectivity index (χ4n) is 2.65. The first-order chi connectivity index (χ1) is 9.60. The largest absolute Gasteiger partial charge is 0.496 e. The first-order valence-corrected chi connectivity index (χ1v) is 7.59. The van der Waals surface area contributed by atoms with Gasteiger partial charge in [0.2, 0.25) is 0 Å². The molecule has 0 aliphatic heterocycles. The second kappa shape index (κ2) is 7.04. The van der Waals surface area contributed by atoms with Gasteiger partial charge in [0, 0.05) is 11.1 Å². The molecule has 0 unspecified atom stereocenters. The van der Waals surface area contributed by atoms with Crippen molar-refractivity contribution in [3.8, 4) is 5.75 Å². The zero-order chi connectivity index (χ0) is 14.5. The highest BCUT2D eigenvalue weighted by atomic mass is 32.1. The SMILES string of the molecule is COc1ccc(C(N)=S)cc1COC1CCC(C)CC1. The van der Waals surface area contributed by atoms with E-state index in [2.05, 4.69) is 6.92 Å². The summed E-state index contributed by atoms with van der Waals surface area (Å²) in [4.78, 5) is 0.403. The Kier molecular flexibility index (Phi) is 5.38. The van der Waals surface area contributed by atoms with Gasteiger partial charge in [0.25, 0.3) is 0 Å². The highest BCUT2D eigenvalue weighted by Crippen LogP contribution is 2.28. The second-order valence-corrected chi connectivity index (χ2v) is 6.02. The van der Waals surface area contributed by atoms with Gasteiger partial charge in [-0.15, -0.1) is 0 Å². The summed E-state index contributed by atoms with van der Waals surface area (Å²) < 4.78 is 11.4. The summed E-state index contributed by atoms with van der Waals surface area (Å²) in [5.74, 6) is 1.66. The molecule has 0 atom stereocenters. The minimum atomic E-state index is 0.365. The van der Waals surface area contributed by atoms with Crippen LogP contribution < -0.4 is 10.5 Å². The summed E-state index contributed by atoms with van der Waals surface area (Å²) >= 11 is 5.02. The van der Waals surface area contributed by atoms with Crippen LogP contribution in [-0.4, -0.2) is 18.2 Å². The summed E-state index contributed by atoms with van der Waals surface area (Å²) in [5.41, 5.74) is 7.55. The van der Waals surface area contributed by atoms with Gasteiger partial charge in [-0.25, -0.2) is 0 Å². The summed E-state index contributed by atoms with van der Waals surface area (Å²) in [6.45, 7) is 2.86. The highest BCUT2D eigenvalue weighted by Gasteiger charge is 2.19. The molecule has 1 aromatic carbocycles. The van der Waals surface area contributed by atoms with Crippen LogP contribution in [0.25, 0.3) is 0 Å². The Morgan fingerprint density at radius 2 is 2.00 bits per heavy atom. The molecule has 0 heterocycles. The molecule has 1 fully saturated rings. The normalized spacial score (nSPS) is 22.5. The van der Waals surface area contributed by atoms with E-state index in [1.54, 1.807) is 7.11 Å². The van der Waals surface area contributed by atoms with Gasteiger partial charge < -0.3 is 15.2 Å². The Bertz CT molecular complexity index is 468. The minimum Gasteiger partial charge on any atom is -0.496 e. The molecule has 1 saturated carbocycles. The topological polar surface area (TPSA) is 44.5 Å². The maximum absolute atomic E-state index is 6.03. The van der Waals surface area contributed by atoms with Gasteiger partial charge in [-0.05, 0) is 49.8 Å². The van der Waals surface area contributed by atoms with Crippen LogP contribution in [0.3, 0.4) is 0 Å². The fourth-order valence-corrected chi connectivity index (χ4v) is 2.78. The summed E-state index contributed by atoms with van der Waals surface area (Å²) in [5, 5.41) is 0. The third-order valence-corrected chi connectivity index (χ3v) is 4.24. The number of benzene rings is 1. The molecule has 0 aromatic heterocycles. The number of thiocarbonyl (C=S) groups is 1. The molecule has 2 rings (SSSR count). The van der Waals surface area contributed by atoms with Gasteiger partial charge in [0.05, 0.1) is 19.8 Å². The molecule has 1 aliphatic rings. The number of rotatable bonds is 5. The number of hydrogen-bond acceptors (Lipinski definition) is 3. The predicted octanol–water partition coefficient (Wildman–Crippen LogP) is 3.42. The van der Waals surface area contributed by atoms with E-state index in [1.807, 2.05) is 18.2 Å². The maximum Gasteiger partial charge on any atom is 0.124 e. The van der Waals surface area contributed by atoms with Gasteiger partial charge in [-0.2, -0.15) is 0 Å². The van der Waals surface area contributed by atoms with Crippen LogP contribution in [0.15, 0.2) is 18.2 Å². The third kappa shape index (κ3) is 3.93. The van der Waals surface area contributed by atoms with Crippen LogP contribution >= 0.6 is 12.2 Å². The first-order valence-electron chi connectivity index (χ1n) is 7.18. The van der Waals surface area contributed by atoms with E-state index in [0.29, 0.717) is 17.7 Å². The summed E-state index contributed by atoms with van der Waals surface area (Å²) in [6.07, 6.45) is 5.19. The van der Waals surface area contributed by atoms with Gasteiger partial charge in [0.1, 0.15) is 10.7 Å². The molecule has 3 nitrogen and oxygen atoms in total. The average molecular weight is 293 g/mol. The lowest BCUT2D eigenvalue weighted by Gasteiger charge is -2.26. The lowest BCUT2D eigenvalue weighted by molar-refractivity contribution is 0.00802. The van der Waals surface area contributed by atoms with Crippen molar-refractivity contribution in [3.05, 3.63) is 29.3 Å². The van der Waals surface area contributed by atoms with Gasteiger partial charge in [-0.1, -0.05) is 19.1 Å². The minimum absolute atomic E-state index is 0.365. The molecular formula is C16H23NO2S. The van der Waals surface area contributed by atoms with Crippen molar-refractivity contribution in [1.82, 2.24) is 0 Å². The van der Waals surface area contributed by atoms with Crippen molar-refractivity contribution < 1.29 is 9.47 Å². The average Bonchev–Trinajstić information content (AvgIpc) is 2.46. The summed E-state index contributed by atoms with van der Waals surface area (Å²) in [6, 6.07) is 5.75. The lowest BCUT2D eigenvalue weighted by atomic mass is 9.89. The van der Waals surface area contributed by atoms with Gasteiger partial charge in [0.15, 0.2) is 0 Å². The van der Waals surface area contributed by atoms with Crippen molar-refractivity contribution in [1.29, 1.82) is 0 Å². The molecule has 0 amide bonds. The van der Waals surface area contributed by atoms with Gasteiger partial charge >= 0.3 is 0 Å². The molecule has 0 spiro atoms. The van der Waals surface area contributed by atoms with E-state index in [0.717, 1.165) is 35.6 Å². The quantitative estimate of drug-likeness (QED) is 0.845. The van der Waals surface area contributed by atoms with Crippen LogP contribution in [0.1, 0.15) is 43.7 Å². The monoisotopic (exact) mass is 293 g/mol. The smallest absolute Gasteiger partial charge is 0.124 e. The van der Waals surface area contributed by atoms with E-state index in [4.69, 9.17) is 27.4 Å². The molecule has 0 radical (unpaired) electrons. The Balaban J connectivity index is 2.00. The lowest BCUT2D eigenvalue weighted by Crippen LogP contribution is -2.20. The molecule has 110 valence electrons. The Labute approximate surface area is 126 Å². The zero-order valence-corrected chi connectivity index (χ0v) is 13.0. The van der Waals surface area contributed by atoms with Crippen LogP contribution in [0, 0.1) is 5.92 Å². The molecular weight excluding hydrogens is 270 g/mol. The summed E-state index contributed by atoms with van der Waals surface area (Å²) in [7, 11) is 1.67. The van der Waals surface area contributed by atoms with Crippen molar-refractivity contribution in [3.63, 3.8) is 0 Å². The van der Waals surface area contributed by atoms with E-state index in [-0.39, 0.29) is 0 Å². The fraction of sp³-hybridized carbons (Fsp3) is 0.562. The van der Waals surface area contributed by atoms with Crippen molar-refractivity contribution in [2.45, 2.75) is 45.3 Å². The van der Waals surface area contributed by atoms with Crippen LogP contribution in [0.5, 0.6) is 5.75 Å². The third-order valence-electron chi connectivity index (χ3n) is 4.00. The number of hydrogen-bond donors (Lipinski definition) is 1. The number of ether oxygens (including phenoxy) is 2. The van der Waals surface area contributed by atoms with E-state index < -0.39 is 0 Å². The molecule has 4 heteroatoms. The molecule has 0 saturated heterocycles. The Morgan fingerprint density at radius 1 is 1.30 bits per heavy atom. The van der Waals surface area contributed by atoms with Crippen LogP contribution in [-0.2, 0) is 11.3 Å². The second-order valence-electron chi connectivity index (χ2n) is 5.58. The Morgan fingerprint density at radius 3 is 2.60 bits per heavy atom. The highest BCUT2D eigenvalue weighted by molar-refractivity contribution is 7.80. The molecule has 20 heavy (non-hydrogen) atoms. The molecule has 2 N–H and O–H groups in total. The molecule has 1 aromatic rings. The standard InChI is InChI=1S/C16H23NO2S/c1-11-3-6-14(7-4-11)19-10-13-9-12(16(17)20)5-8-15(13)18-2/h5,8-9,11,14H,3-4,6-7,10H2,1-2H3,(H2,17,20). The van der Waals surface area contributed by atoms with Crippen LogP contribution in [0.2, 0.25) is 0 Å². The molecule has 0 bridgehead atoms. The van der Waals surface area contributed by atoms with Gasteiger partial charge in [-0.3, -0.25) is 0 Å². The number of nitrogens with two attached hydrogens (primary N) is 1. The van der Waals surface area contributed by atoms with Crippen molar-refractivity contribution in [2.75, 3.05) is 7.11 Å².